The van der Waals surface area contributed by atoms with Crippen molar-refractivity contribution in [2.24, 2.45) is 0 Å². The molecule has 0 spiro atoms. The molecule has 0 saturated carbocycles. The molecule has 2 amide bonds. The standard InChI is InChI=1S/C17H16ClNO5/c1-4-11(17(23)24-3)6-5-10(2)15(21)19-16(22)13-9-12(18)7-8-14(13)20/h4-9,20H,2H2,1,3H3,(H,19,21,22)/b6-5-,11-4+. The lowest BCUT2D eigenvalue weighted by Gasteiger charge is -2.06. The molecule has 1 aromatic carbocycles. The van der Waals surface area contributed by atoms with Gasteiger partial charge in [0.25, 0.3) is 11.8 Å². The van der Waals surface area contributed by atoms with E-state index in [0.717, 1.165) is 0 Å². The topological polar surface area (TPSA) is 92.7 Å². The molecule has 24 heavy (non-hydrogen) atoms. The van der Waals surface area contributed by atoms with Crippen molar-refractivity contribution < 1.29 is 24.2 Å². The van der Waals surface area contributed by atoms with Crippen LogP contribution >= 0.6 is 11.6 Å². The Labute approximate surface area is 144 Å². The highest BCUT2D eigenvalue weighted by atomic mass is 35.5. The Kier molecular flexibility index (Phi) is 6.95. The van der Waals surface area contributed by atoms with Crippen molar-refractivity contribution in [3.05, 3.63) is 64.7 Å². The molecule has 0 radical (unpaired) electrons. The molecule has 0 aliphatic rings. The quantitative estimate of drug-likeness (QED) is 0.484. The lowest BCUT2D eigenvalue weighted by atomic mass is 10.1. The highest BCUT2D eigenvalue weighted by Crippen LogP contribution is 2.21. The zero-order chi connectivity index (χ0) is 18.3. The third-order valence-electron chi connectivity index (χ3n) is 2.92. The molecule has 0 atom stereocenters. The molecule has 6 nitrogen and oxygen atoms in total. The van der Waals surface area contributed by atoms with Gasteiger partial charge < -0.3 is 9.84 Å². The maximum Gasteiger partial charge on any atom is 0.337 e. The lowest BCUT2D eigenvalue weighted by molar-refractivity contribution is -0.135. The van der Waals surface area contributed by atoms with Crippen LogP contribution in [0.4, 0.5) is 0 Å². The van der Waals surface area contributed by atoms with Crippen molar-refractivity contribution in [2.45, 2.75) is 6.92 Å². The number of ether oxygens (including phenoxy) is 1. The van der Waals surface area contributed by atoms with Crippen LogP contribution in [0.3, 0.4) is 0 Å². The molecular formula is C17H16ClNO5. The first kappa shape index (κ1) is 19.2. The fourth-order valence-electron chi connectivity index (χ4n) is 1.61. The molecule has 0 aliphatic carbocycles. The van der Waals surface area contributed by atoms with E-state index in [4.69, 9.17) is 11.6 Å². The lowest BCUT2D eigenvalue weighted by Crippen LogP contribution is -2.31. The number of esters is 1. The first-order valence-electron chi connectivity index (χ1n) is 6.76. The summed E-state index contributed by atoms with van der Waals surface area (Å²) in [7, 11) is 1.23. The van der Waals surface area contributed by atoms with Crippen LogP contribution in [0.15, 0.2) is 54.2 Å². The summed E-state index contributed by atoms with van der Waals surface area (Å²) >= 11 is 5.75. The van der Waals surface area contributed by atoms with Gasteiger partial charge in [0.2, 0.25) is 0 Å². The predicted octanol–water partition coefficient (Wildman–Crippen LogP) is 2.53. The fraction of sp³-hybridized carbons (Fsp3) is 0.118. The van der Waals surface area contributed by atoms with E-state index in [2.05, 4.69) is 16.6 Å². The predicted molar refractivity (Wildman–Crippen MR) is 89.6 cm³/mol. The second-order valence-corrected chi connectivity index (χ2v) is 4.98. The van der Waals surface area contributed by atoms with Crippen molar-refractivity contribution in [1.82, 2.24) is 5.32 Å². The molecule has 0 aliphatic heterocycles. The summed E-state index contributed by atoms with van der Waals surface area (Å²) in [5, 5.41) is 11.9. The number of hydrogen-bond acceptors (Lipinski definition) is 5. The molecule has 7 heteroatoms. The van der Waals surface area contributed by atoms with E-state index < -0.39 is 17.8 Å². The SMILES string of the molecule is C=C(/C=C\C(=C/C)C(=O)OC)C(=O)NC(=O)c1cc(Cl)ccc1O. The number of amides is 2. The van der Waals surface area contributed by atoms with E-state index in [9.17, 15) is 19.5 Å². The number of benzene rings is 1. The Balaban J connectivity index is 2.80. The minimum Gasteiger partial charge on any atom is -0.507 e. The van der Waals surface area contributed by atoms with Crippen LogP contribution < -0.4 is 5.32 Å². The number of phenolic OH excluding ortho intramolecular Hbond substituents is 1. The number of nitrogens with one attached hydrogen (secondary N) is 1. The van der Waals surface area contributed by atoms with Gasteiger partial charge in [-0.05, 0) is 37.3 Å². The van der Waals surface area contributed by atoms with Crippen molar-refractivity contribution in [2.75, 3.05) is 7.11 Å². The van der Waals surface area contributed by atoms with Gasteiger partial charge in [0.05, 0.1) is 18.2 Å². The summed E-state index contributed by atoms with van der Waals surface area (Å²) in [5.74, 6) is -2.49. The van der Waals surface area contributed by atoms with E-state index in [1.165, 1.54) is 43.5 Å². The van der Waals surface area contributed by atoms with Crippen molar-refractivity contribution in [3.8, 4) is 5.75 Å². The normalized spacial score (nSPS) is 11.2. The summed E-state index contributed by atoms with van der Waals surface area (Å²) in [6.45, 7) is 5.14. The van der Waals surface area contributed by atoms with E-state index >= 15 is 0 Å². The van der Waals surface area contributed by atoms with E-state index in [1.807, 2.05) is 0 Å². The second kappa shape index (κ2) is 8.69. The molecule has 2 N–H and O–H groups in total. The van der Waals surface area contributed by atoms with E-state index in [1.54, 1.807) is 6.92 Å². The molecule has 0 heterocycles. The number of imide groups is 1. The molecule has 1 aromatic rings. The zero-order valence-corrected chi connectivity index (χ0v) is 13.9. The average Bonchev–Trinajstić information content (AvgIpc) is 2.56. The van der Waals surface area contributed by atoms with Crippen LogP contribution in [0.5, 0.6) is 5.75 Å². The average molecular weight is 350 g/mol. The van der Waals surface area contributed by atoms with Gasteiger partial charge in [-0.1, -0.05) is 24.3 Å². The molecule has 1 rings (SSSR count). The number of allylic oxidation sites excluding steroid dienone is 1. The summed E-state index contributed by atoms with van der Waals surface area (Å²) in [5.41, 5.74) is 0.0229. The first-order valence-corrected chi connectivity index (χ1v) is 7.13. The van der Waals surface area contributed by atoms with Crippen molar-refractivity contribution in [1.29, 1.82) is 0 Å². The third-order valence-corrected chi connectivity index (χ3v) is 3.15. The number of aromatic hydroxyl groups is 1. The Morgan fingerprint density at radius 2 is 1.96 bits per heavy atom. The largest absolute Gasteiger partial charge is 0.507 e. The summed E-state index contributed by atoms with van der Waals surface area (Å²) in [4.78, 5) is 35.3. The van der Waals surface area contributed by atoms with Gasteiger partial charge in [-0.15, -0.1) is 0 Å². The van der Waals surface area contributed by atoms with Crippen molar-refractivity contribution in [3.63, 3.8) is 0 Å². The Morgan fingerprint density at radius 3 is 2.54 bits per heavy atom. The summed E-state index contributed by atoms with van der Waals surface area (Å²) in [6, 6.07) is 3.88. The number of carbonyl (C=O) groups is 3. The number of carbonyl (C=O) groups excluding carboxylic acids is 3. The minimum absolute atomic E-state index is 0.0619. The molecule has 0 bridgehead atoms. The Bertz CT molecular complexity index is 749. The maximum absolute atomic E-state index is 12.0. The van der Waals surface area contributed by atoms with Crippen LogP contribution in [0.25, 0.3) is 0 Å². The van der Waals surface area contributed by atoms with Gasteiger partial charge in [-0.2, -0.15) is 0 Å². The van der Waals surface area contributed by atoms with Crippen LogP contribution in [0.2, 0.25) is 5.02 Å². The molecule has 126 valence electrons. The van der Waals surface area contributed by atoms with Crippen LogP contribution in [0, 0.1) is 0 Å². The van der Waals surface area contributed by atoms with E-state index in [-0.39, 0.29) is 27.5 Å². The number of halogens is 1. The highest BCUT2D eigenvalue weighted by molar-refractivity contribution is 6.31. The maximum atomic E-state index is 12.0. The van der Waals surface area contributed by atoms with Crippen LogP contribution in [-0.4, -0.2) is 30.0 Å². The van der Waals surface area contributed by atoms with Gasteiger partial charge in [0.15, 0.2) is 0 Å². The molecule has 0 aromatic heterocycles. The number of phenols is 1. The monoisotopic (exact) mass is 349 g/mol. The van der Waals surface area contributed by atoms with Crippen LogP contribution in [0.1, 0.15) is 17.3 Å². The fourth-order valence-corrected chi connectivity index (χ4v) is 1.78. The van der Waals surface area contributed by atoms with Gasteiger partial charge in [-0.25, -0.2) is 4.79 Å². The van der Waals surface area contributed by atoms with Gasteiger partial charge in [0.1, 0.15) is 5.75 Å². The molecular weight excluding hydrogens is 334 g/mol. The second-order valence-electron chi connectivity index (χ2n) is 4.54. The number of hydrogen-bond donors (Lipinski definition) is 2. The number of rotatable bonds is 5. The Hall–Kier alpha value is -2.86. The van der Waals surface area contributed by atoms with E-state index in [0.29, 0.717) is 0 Å². The zero-order valence-electron chi connectivity index (χ0n) is 13.1. The molecule has 0 saturated heterocycles. The summed E-state index contributed by atoms with van der Waals surface area (Å²) in [6.07, 6.45) is 4.12. The van der Waals surface area contributed by atoms with Crippen LogP contribution in [-0.2, 0) is 14.3 Å². The first-order chi connectivity index (χ1) is 11.3. The van der Waals surface area contributed by atoms with Crippen molar-refractivity contribution >= 4 is 29.4 Å². The Morgan fingerprint density at radius 1 is 1.29 bits per heavy atom. The minimum atomic E-state index is -0.825. The summed E-state index contributed by atoms with van der Waals surface area (Å²) < 4.78 is 4.56. The molecule has 0 fully saturated rings. The van der Waals surface area contributed by atoms with Gasteiger partial charge in [0, 0.05) is 10.6 Å². The molecule has 0 unspecified atom stereocenters. The third kappa shape index (κ3) is 5.10. The van der Waals surface area contributed by atoms with Gasteiger partial charge >= 0.3 is 5.97 Å². The smallest absolute Gasteiger partial charge is 0.337 e. The number of methoxy groups -OCH3 is 1. The van der Waals surface area contributed by atoms with Gasteiger partial charge in [-0.3, -0.25) is 14.9 Å². The highest BCUT2D eigenvalue weighted by Gasteiger charge is 2.16.